The van der Waals surface area contributed by atoms with Gasteiger partial charge in [-0.1, -0.05) is 0 Å². The van der Waals surface area contributed by atoms with Crippen molar-refractivity contribution in [3.05, 3.63) is 23.0 Å². The van der Waals surface area contributed by atoms with E-state index in [1.807, 2.05) is 32.3 Å². The van der Waals surface area contributed by atoms with Crippen LogP contribution in [0.15, 0.2) is 11.6 Å². The Bertz CT molecular complexity index is 700. The fourth-order valence-corrected chi connectivity index (χ4v) is 4.04. The van der Waals surface area contributed by atoms with Crippen molar-refractivity contribution in [1.29, 1.82) is 0 Å². The van der Waals surface area contributed by atoms with Gasteiger partial charge < -0.3 is 5.32 Å². The number of sulfonamides is 1. The molecule has 2 rings (SSSR count). The first-order valence-electron chi connectivity index (χ1n) is 6.29. The minimum atomic E-state index is -3.21. The van der Waals surface area contributed by atoms with Crippen molar-refractivity contribution in [1.82, 2.24) is 19.4 Å². The van der Waals surface area contributed by atoms with E-state index in [1.54, 1.807) is 11.3 Å². The molecule has 0 spiro atoms. The molecule has 0 fully saturated rings. The van der Waals surface area contributed by atoms with Crippen LogP contribution in [0.25, 0.3) is 4.96 Å². The van der Waals surface area contributed by atoms with E-state index in [4.69, 9.17) is 0 Å². The van der Waals surface area contributed by atoms with E-state index < -0.39 is 15.6 Å². The Morgan fingerprint density at radius 1 is 1.45 bits per heavy atom. The van der Waals surface area contributed by atoms with E-state index in [0.29, 0.717) is 13.1 Å². The van der Waals surface area contributed by atoms with E-state index in [1.165, 1.54) is 6.26 Å². The normalized spacial score (nSPS) is 13.2. The van der Waals surface area contributed by atoms with Crippen LogP contribution in [0, 0.1) is 6.92 Å². The number of aromatic nitrogens is 2. The fourth-order valence-electron chi connectivity index (χ4n) is 2.19. The molecule has 0 amide bonds. The Balaban J connectivity index is 1.99. The summed E-state index contributed by atoms with van der Waals surface area (Å²) in [5.41, 5.74) is 1.58. The average Bonchev–Trinajstić information content (AvgIpc) is 2.77. The lowest BCUT2D eigenvalue weighted by Gasteiger charge is -2.25. The zero-order valence-corrected chi connectivity index (χ0v) is 13.7. The van der Waals surface area contributed by atoms with E-state index in [-0.39, 0.29) is 0 Å². The SMILES string of the molecule is Cc1nc2sccn2c1CNCC(C)(C)NS(C)(=O)=O. The lowest BCUT2D eigenvalue weighted by atomic mass is 10.1. The number of nitrogens with zero attached hydrogens (tertiary/aromatic N) is 2. The summed E-state index contributed by atoms with van der Waals surface area (Å²) in [4.78, 5) is 5.46. The highest BCUT2D eigenvalue weighted by Gasteiger charge is 2.21. The third kappa shape index (κ3) is 3.78. The van der Waals surface area contributed by atoms with Crippen molar-refractivity contribution in [2.24, 2.45) is 0 Å². The fraction of sp³-hybridized carbons (Fsp3) is 0.583. The molecule has 0 aromatic carbocycles. The summed E-state index contributed by atoms with van der Waals surface area (Å²) in [5.74, 6) is 0. The van der Waals surface area contributed by atoms with Gasteiger partial charge in [-0.3, -0.25) is 4.40 Å². The maximum Gasteiger partial charge on any atom is 0.209 e. The van der Waals surface area contributed by atoms with Gasteiger partial charge in [0.15, 0.2) is 4.96 Å². The van der Waals surface area contributed by atoms with Crippen LogP contribution in [0.2, 0.25) is 0 Å². The second-order valence-corrected chi connectivity index (χ2v) is 8.18. The molecular formula is C12H20N4O2S2. The highest BCUT2D eigenvalue weighted by molar-refractivity contribution is 7.88. The molecule has 2 aromatic rings. The highest BCUT2D eigenvalue weighted by atomic mass is 32.2. The number of aryl methyl sites for hydroxylation is 1. The highest BCUT2D eigenvalue weighted by Crippen LogP contribution is 2.16. The van der Waals surface area contributed by atoms with Gasteiger partial charge in [0.25, 0.3) is 0 Å². The van der Waals surface area contributed by atoms with Gasteiger partial charge in [0.2, 0.25) is 10.0 Å². The predicted molar refractivity (Wildman–Crippen MR) is 81.6 cm³/mol. The largest absolute Gasteiger partial charge is 0.309 e. The van der Waals surface area contributed by atoms with Gasteiger partial charge >= 0.3 is 0 Å². The average molecular weight is 316 g/mol. The zero-order chi connectivity index (χ0) is 15.0. The number of hydrogen-bond acceptors (Lipinski definition) is 5. The molecule has 2 heterocycles. The molecule has 0 unspecified atom stereocenters. The van der Waals surface area contributed by atoms with Crippen molar-refractivity contribution in [3.63, 3.8) is 0 Å². The smallest absolute Gasteiger partial charge is 0.209 e. The van der Waals surface area contributed by atoms with Crippen LogP contribution in [0.4, 0.5) is 0 Å². The number of imidazole rings is 1. The Labute approximate surface area is 123 Å². The zero-order valence-electron chi connectivity index (χ0n) is 12.1. The minimum absolute atomic E-state index is 0.528. The molecule has 2 aromatic heterocycles. The molecular weight excluding hydrogens is 296 g/mol. The quantitative estimate of drug-likeness (QED) is 0.837. The third-order valence-electron chi connectivity index (χ3n) is 2.88. The summed E-state index contributed by atoms with van der Waals surface area (Å²) in [6.07, 6.45) is 3.17. The monoisotopic (exact) mass is 316 g/mol. The predicted octanol–water partition coefficient (Wildman–Crippen LogP) is 1.12. The molecule has 112 valence electrons. The molecule has 0 bridgehead atoms. The van der Waals surface area contributed by atoms with E-state index in [0.717, 1.165) is 16.3 Å². The van der Waals surface area contributed by atoms with Crippen LogP contribution < -0.4 is 10.0 Å². The van der Waals surface area contributed by atoms with Crippen molar-refractivity contribution in [2.75, 3.05) is 12.8 Å². The second-order valence-electron chi connectivity index (χ2n) is 5.56. The Morgan fingerprint density at radius 3 is 2.80 bits per heavy atom. The minimum Gasteiger partial charge on any atom is -0.309 e. The summed E-state index contributed by atoms with van der Waals surface area (Å²) in [6, 6.07) is 0. The van der Waals surface area contributed by atoms with Gasteiger partial charge in [0, 0.05) is 30.2 Å². The van der Waals surface area contributed by atoms with Crippen LogP contribution in [0.3, 0.4) is 0 Å². The van der Waals surface area contributed by atoms with Gasteiger partial charge in [0.1, 0.15) is 0 Å². The van der Waals surface area contributed by atoms with Crippen LogP contribution in [-0.2, 0) is 16.6 Å². The van der Waals surface area contributed by atoms with Crippen LogP contribution in [0.1, 0.15) is 25.2 Å². The summed E-state index contributed by atoms with van der Waals surface area (Å²) in [6.45, 7) is 6.88. The summed E-state index contributed by atoms with van der Waals surface area (Å²) < 4.78 is 27.2. The summed E-state index contributed by atoms with van der Waals surface area (Å²) in [7, 11) is -3.21. The van der Waals surface area contributed by atoms with Crippen molar-refractivity contribution < 1.29 is 8.42 Å². The molecule has 0 radical (unpaired) electrons. The van der Waals surface area contributed by atoms with E-state index >= 15 is 0 Å². The number of nitrogens with one attached hydrogen (secondary N) is 2. The number of hydrogen-bond donors (Lipinski definition) is 2. The Kier molecular flexibility index (Phi) is 4.19. The van der Waals surface area contributed by atoms with Crippen LogP contribution >= 0.6 is 11.3 Å². The summed E-state index contributed by atoms with van der Waals surface area (Å²) in [5, 5.41) is 5.29. The molecule has 8 heteroatoms. The first-order chi connectivity index (χ1) is 9.18. The van der Waals surface area contributed by atoms with Gasteiger partial charge in [-0.15, -0.1) is 11.3 Å². The molecule has 0 aliphatic heterocycles. The first kappa shape index (κ1) is 15.4. The summed E-state index contributed by atoms with van der Waals surface area (Å²) >= 11 is 1.60. The maximum absolute atomic E-state index is 11.3. The maximum atomic E-state index is 11.3. The molecule has 6 nitrogen and oxygen atoms in total. The topological polar surface area (TPSA) is 75.5 Å². The van der Waals surface area contributed by atoms with Crippen LogP contribution in [-0.4, -0.2) is 36.1 Å². The van der Waals surface area contributed by atoms with Crippen LogP contribution in [0.5, 0.6) is 0 Å². The second kappa shape index (κ2) is 5.44. The van der Waals surface area contributed by atoms with Gasteiger partial charge in [-0.25, -0.2) is 18.1 Å². The molecule has 0 aliphatic carbocycles. The standard InChI is InChI=1S/C12H20N4O2S2/c1-9-10(16-5-6-19-11(16)14-9)7-13-8-12(2,3)15-20(4,17)18/h5-6,13,15H,7-8H2,1-4H3. The van der Waals surface area contributed by atoms with Crippen molar-refractivity contribution >= 4 is 26.3 Å². The van der Waals surface area contributed by atoms with Gasteiger partial charge in [-0.05, 0) is 20.8 Å². The molecule has 0 aliphatic rings. The van der Waals surface area contributed by atoms with E-state index in [2.05, 4.69) is 19.4 Å². The molecule has 0 atom stereocenters. The first-order valence-corrected chi connectivity index (χ1v) is 9.06. The molecule has 0 saturated carbocycles. The molecule has 2 N–H and O–H groups in total. The number of rotatable bonds is 6. The molecule has 0 saturated heterocycles. The Hall–Kier alpha value is -0.960. The van der Waals surface area contributed by atoms with Gasteiger partial charge in [0.05, 0.1) is 17.6 Å². The van der Waals surface area contributed by atoms with Crippen molar-refractivity contribution in [3.8, 4) is 0 Å². The lowest BCUT2D eigenvalue weighted by Crippen LogP contribution is -2.49. The molecule has 20 heavy (non-hydrogen) atoms. The number of thiazole rings is 1. The van der Waals surface area contributed by atoms with E-state index in [9.17, 15) is 8.42 Å². The van der Waals surface area contributed by atoms with Gasteiger partial charge in [-0.2, -0.15) is 0 Å². The Morgan fingerprint density at radius 2 is 2.15 bits per heavy atom. The number of fused-ring (bicyclic) bond motifs is 1. The lowest BCUT2D eigenvalue weighted by molar-refractivity contribution is 0.419. The van der Waals surface area contributed by atoms with Crippen molar-refractivity contribution in [2.45, 2.75) is 32.9 Å². The third-order valence-corrected chi connectivity index (χ3v) is 4.56.